The molecule has 0 aliphatic rings. The fourth-order valence-corrected chi connectivity index (χ4v) is 3.77. The molecule has 0 bridgehead atoms. The monoisotopic (exact) mass is 633 g/mol. The van der Waals surface area contributed by atoms with Gasteiger partial charge in [0.15, 0.2) is 23.0 Å². The molecule has 0 spiro atoms. The molecule has 2 aromatic carbocycles. The van der Waals surface area contributed by atoms with Gasteiger partial charge in [-0.15, -0.1) is 0 Å². The standard InChI is InChI=1S/C32H51N5O8/c1-40-17-19-42-21-23-44-29-7-3-5-27(31(29)38)25-36-15-13-34-11-9-33-10-12-35-14-16-37-26-28-6-4-8-30(32(28)39)45-24-22-43-20-18-41-2/h3-8,25-26,33-35,38-39H,9-24H2,1-2H3. The first-order valence-electron chi connectivity index (χ1n) is 15.3. The predicted octanol–water partition coefficient (Wildman–Crippen LogP) is 1.49. The van der Waals surface area contributed by atoms with E-state index in [0.717, 1.165) is 39.3 Å². The van der Waals surface area contributed by atoms with Crippen LogP contribution in [0.2, 0.25) is 0 Å². The number of methoxy groups -OCH3 is 2. The lowest BCUT2D eigenvalue weighted by molar-refractivity contribution is 0.0540. The molecule has 252 valence electrons. The van der Waals surface area contributed by atoms with Crippen LogP contribution in [-0.4, -0.2) is 142 Å². The molecule has 0 unspecified atom stereocenters. The van der Waals surface area contributed by atoms with Gasteiger partial charge in [0.2, 0.25) is 0 Å². The highest BCUT2D eigenvalue weighted by molar-refractivity contribution is 5.85. The third-order valence-corrected chi connectivity index (χ3v) is 6.15. The summed E-state index contributed by atoms with van der Waals surface area (Å²) >= 11 is 0. The van der Waals surface area contributed by atoms with Gasteiger partial charge in [-0.1, -0.05) is 12.1 Å². The molecule has 2 rings (SSSR count). The lowest BCUT2D eigenvalue weighted by atomic mass is 10.2. The van der Waals surface area contributed by atoms with E-state index in [1.807, 2.05) is 12.1 Å². The fourth-order valence-electron chi connectivity index (χ4n) is 3.77. The number of phenols is 2. The normalized spacial score (nSPS) is 11.6. The van der Waals surface area contributed by atoms with Crippen LogP contribution in [0.3, 0.4) is 0 Å². The van der Waals surface area contributed by atoms with Crippen molar-refractivity contribution in [1.82, 2.24) is 16.0 Å². The van der Waals surface area contributed by atoms with E-state index in [2.05, 4.69) is 25.9 Å². The molecule has 0 fully saturated rings. The number of benzene rings is 2. The molecular weight excluding hydrogens is 582 g/mol. The Morgan fingerprint density at radius 3 is 1.38 bits per heavy atom. The summed E-state index contributed by atoms with van der Waals surface area (Å²) in [6, 6.07) is 10.7. The van der Waals surface area contributed by atoms with Crippen LogP contribution >= 0.6 is 0 Å². The largest absolute Gasteiger partial charge is 0.504 e. The Labute approximate surface area is 266 Å². The number of nitrogens with one attached hydrogen (secondary N) is 3. The molecule has 13 nitrogen and oxygen atoms in total. The highest BCUT2D eigenvalue weighted by atomic mass is 16.5. The quantitative estimate of drug-likeness (QED) is 0.0684. The van der Waals surface area contributed by atoms with Crippen molar-refractivity contribution in [1.29, 1.82) is 0 Å². The van der Waals surface area contributed by atoms with Crippen molar-refractivity contribution in [3.05, 3.63) is 47.5 Å². The van der Waals surface area contributed by atoms with Crippen molar-refractivity contribution >= 4 is 12.4 Å². The Morgan fingerprint density at radius 1 is 0.556 bits per heavy atom. The lowest BCUT2D eigenvalue weighted by Gasteiger charge is -2.10. The predicted molar refractivity (Wildman–Crippen MR) is 176 cm³/mol. The molecule has 5 N–H and O–H groups in total. The molecule has 0 atom stereocenters. The topological polar surface area (TPSA) is 157 Å². The maximum Gasteiger partial charge on any atom is 0.166 e. The summed E-state index contributed by atoms with van der Waals surface area (Å²) in [6.45, 7) is 9.60. The number of ether oxygens (including phenoxy) is 6. The first kappa shape index (κ1) is 37.9. The zero-order valence-electron chi connectivity index (χ0n) is 26.7. The SMILES string of the molecule is COCCOCCOc1cccc(C=NCCNCCNCCNCCN=Cc2cccc(OCCOCCOC)c2O)c1O. The Morgan fingerprint density at radius 2 is 0.956 bits per heavy atom. The lowest BCUT2D eigenvalue weighted by Crippen LogP contribution is -2.34. The second-order valence-corrected chi connectivity index (χ2v) is 9.62. The van der Waals surface area contributed by atoms with Crippen molar-refractivity contribution in [2.45, 2.75) is 0 Å². The molecule has 2 aromatic rings. The van der Waals surface area contributed by atoms with Crippen molar-refractivity contribution in [3.8, 4) is 23.0 Å². The van der Waals surface area contributed by atoms with Gasteiger partial charge in [-0.3, -0.25) is 9.98 Å². The number of hydrogen-bond acceptors (Lipinski definition) is 13. The van der Waals surface area contributed by atoms with Gasteiger partial charge in [0.05, 0.1) is 52.7 Å². The summed E-state index contributed by atoms with van der Waals surface area (Å²) in [7, 11) is 3.25. The van der Waals surface area contributed by atoms with Crippen molar-refractivity contribution in [2.24, 2.45) is 9.98 Å². The van der Waals surface area contributed by atoms with E-state index in [-0.39, 0.29) is 11.5 Å². The number of rotatable bonds is 28. The van der Waals surface area contributed by atoms with Gasteiger partial charge >= 0.3 is 0 Å². The second kappa shape index (κ2) is 26.0. The fraction of sp³-hybridized carbons (Fsp3) is 0.562. The minimum absolute atomic E-state index is 0.0715. The molecular formula is C32H51N5O8. The molecule has 0 saturated carbocycles. The average Bonchev–Trinajstić information content (AvgIpc) is 3.05. The Balaban J connectivity index is 1.46. The van der Waals surface area contributed by atoms with Crippen LogP contribution in [-0.2, 0) is 18.9 Å². The molecule has 13 heteroatoms. The van der Waals surface area contributed by atoms with Crippen molar-refractivity contribution < 1.29 is 38.6 Å². The van der Waals surface area contributed by atoms with Crippen LogP contribution in [0.1, 0.15) is 11.1 Å². The van der Waals surface area contributed by atoms with Gasteiger partial charge in [0.25, 0.3) is 0 Å². The molecule has 0 radical (unpaired) electrons. The second-order valence-electron chi connectivity index (χ2n) is 9.62. The molecule has 0 amide bonds. The van der Waals surface area contributed by atoms with Crippen molar-refractivity contribution in [2.75, 3.05) is 119 Å². The molecule has 0 saturated heterocycles. The maximum atomic E-state index is 10.4. The minimum Gasteiger partial charge on any atom is -0.504 e. The molecule has 0 aliphatic heterocycles. The van der Waals surface area contributed by atoms with E-state index in [4.69, 9.17) is 28.4 Å². The minimum atomic E-state index is 0.0715. The van der Waals surface area contributed by atoms with Gasteiger partial charge in [-0.05, 0) is 24.3 Å². The first-order valence-corrected chi connectivity index (χ1v) is 15.3. The number of hydrogen-bond donors (Lipinski definition) is 5. The van der Waals surface area contributed by atoms with Crippen LogP contribution in [0.25, 0.3) is 0 Å². The smallest absolute Gasteiger partial charge is 0.166 e. The molecule has 45 heavy (non-hydrogen) atoms. The number of nitrogens with zero attached hydrogens (tertiary/aromatic N) is 2. The van der Waals surface area contributed by atoms with Gasteiger partial charge in [-0.25, -0.2) is 0 Å². The summed E-state index contributed by atoms with van der Waals surface area (Å²) in [5, 5.41) is 30.9. The van der Waals surface area contributed by atoms with Gasteiger partial charge in [-0.2, -0.15) is 0 Å². The summed E-state index contributed by atoms with van der Waals surface area (Å²) < 4.78 is 31.8. The van der Waals surface area contributed by atoms with Crippen LogP contribution in [0.5, 0.6) is 23.0 Å². The Kier molecular flexibility index (Phi) is 21.9. The van der Waals surface area contributed by atoms with E-state index in [1.54, 1.807) is 50.9 Å². The van der Waals surface area contributed by atoms with Crippen molar-refractivity contribution in [3.63, 3.8) is 0 Å². The molecule has 0 aliphatic carbocycles. The highest BCUT2D eigenvalue weighted by Gasteiger charge is 2.07. The summed E-state index contributed by atoms with van der Waals surface area (Å²) in [5.74, 6) is 0.958. The van der Waals surface area contributed by atoms with E-state index in [9.17, 15) is 10.2 Å². The number of para-hydroxylation sites is 2. The average molecular weight is 634 g/mol. The van der Waals surface area contributed by atoms with Crippen LogP contribution in [0.15, 0.2) is 46.4 Å². The number of aliphatic imine (C=N–C) groups is 2. The molecule has 0 heterocycles. The van der Waals surface area contributed by atoms with E-state index in [1.165, 1.54) is 0 Å². The third kappa shape index (κ3) is 17.7. The first-order chi connectivity index (χ1) is 22.2. The third-order valence-electron chi connectivity index (χ3n) is 6.15. The van der Waals surface area contributed by atoms with Gasteiger partial charge < -0.3 is 54.6 Å². The Bertz CT molecular complexity index is 1010. The number of aromatic hydroxyl groups is 2. The summed E-state index contributed by atoms with van der Waals surface area (Å²) in [6.07, 6.45) is 3.32. The zero-order valence-corrected chi connectivity index (χ0v) is 26.7. The zero-order chi connectivity index (χ0) is 32.2. The molecule has 0 aromatic heterocycles. The van der Waals surface area contributed by atoms with E-state index >= 15 is 0 Å². The summed E-state index contributed by atoms with van der Waals surface area (Å²) in [5.41, 5.74) is 1.22. The summed E-state index contributed by atoms with van der Waals surface area (Å²) in [4.78, 5) is 8.79. The number of phenolic OH excluding ortho intramolecular Hbond substituents is 2. The van der Waals surface area contributed by atoms with Crippen LogP contribution < -0.4 is 25.4 Å². The van der Waals surface area contributed by atoms with Crippen LogP contribution in [0, 0.1) is 0 Å². The maximum absolute atomic E-state index is 10.4. The van der Waals surface area contributed by atoms with E-state index in [0.29, 0.717) is 88.6 Å². The van der Waals surface area contributed by atoms with Crippen LogP contribution in [0.4, 0.5) is 0 Å². The Hall–Kier alpha value is -3.30. The van der Waals surface area contributed by atoms with Gasteiger partial charge in [0.1, 0.15) is 13.2 Å². The van der Waals surface area contributed by atoms with Gasteiger partial charge in [0, 0.05) is 77.0 Å². The van der Waals surface area contributed by atoms with E-state index < -0.39 is 0 Å². The highest BCUT2D eigenvalue weighted by Crippen LogP contribution is 2.29.